The van der Waals surface area contributed by atoms with Crippen LogP contribution in [0.15, 0.2) is 71.5 Å². The second kappa shape index (κ2) is 10.2. The van der Waals surface area contributed by atoms with E-state index in [1.165, 1.54) is 12.1 Å². The Hall–Kier alpha value is -4.53. The van der Waals surface area contributed by atoms with Gasteiger partial charge in [0.2, 0.25) is 5.91 Å². The van der Waals surface area contributed by atoms with Crippen molar-refractivity contribution in [3.63, 3.8) is 0 Å². The molecule has 0 saturated carbocycles. The summed E-state index contributed by atoms with van der Waals surface area (Å²) in [4.78, 5) is 39.5. The van der Waals surface area contributed by atoms with E-state index >= 15 is 0 Å². The van der Waals surface area contributed by atoms with Crippen molar-refractivity contribution in [3.05, 3.63) is 99.7 Å². The third-order valence-corrected chi connectivity index (χ3v) is 6.78. The third-order valence-electron chi connectivity index (χ3n) is 6.78. The molecule has 2 heterocycles. The highest BCUT2D eigenvalue weighted by atomic mass is 19.1. The van der Waals surface area contributed by atoms with Gasteiger partial charge in [0.1, 0.15) is 5.82 Å². The molecule has 4 aromatic rings. The standard InChI is InChI=1S/C28H26FN5O3/c29-22-10-9-17(16-25-19-5-1-2-6-20(19)27(36)33-32-25)15-21(22)28(37)34-13-11-18(12-14-34)26(35)31-24-8-4-3-7-23(24)30/h1-10,15,18H,11-14,16,30H2,(H,31,35)(H,33,36). The summed E-state index contributed by atoms with van der Waals surface area (Å²) in [6.45, 7) is 0.688. The van der Waals surface area contributed by atoms with Crippen molar-refractivity contribution in [1.29, 1.82) is 0 Å². The number of H-pyrrole nitrogens is 1. The van der Waals surface area contributed by atoms with Gasteiger partial charge in [-0.3, -0.25) is 14.4 Å². The van der Waals surface area contributed by atoms with Crippen molar-refractivity contribution >= 4 is 34.0 Å². The zero-order chi connectivity index (χ0) is 25.9. The zero-order valence-corrected chi connectivity index (χ0v) is 20.0. The summed E-state index contributed by atoms with van der Waals surface area (Å²) < 4.78 is 14.7. The summed E-state index contributed by atoms with van der Waals surface area (Å²) in [6, 6.07) is 18.6. The van der Waals surface area contributed by atoms with Crippen molar-refractivity contribution in [2.24, 2.45) is 5.92 Å². The Kier molecular flexibility index (Phi) is 6.68. The summed E-state index contributed by atoms with van der Waals surface area (Å²) in [5.74, 6) is -1.42. The number of aromatic nitrogens is 2. The number of nitrogens with zero attached hydrogens (tertiary/aromatic N) is 2. The van der Waals surface area contributed by atoms with Crippen molar-refractivity contribution in [3.8, 4) is 0 Å². The smallest absolute Gasteiger partial charge is 0.272 e. The molecule has 0 aliphatic carbocycles. The van der Waals surface area contributed by atoms with E-state index in [1.807, 2.05) is 12.1 Å². The number of hydrogen-bond donors (Lipinski definition) is 3. The van der Waals surface area contributed by atoms with Crippen LogP contribution >= 0.6 is 0 Å². The van der Waals surface area contributed by atoms with Crippen LogP contribution in [-0.4, -0.2) is 40.0 Å². The molecule has 3 aromatic carbocycles. The van der Waals surface area contributed by atoms with Crippen molar-refractivity contribution in [2.75, 3.05) is 24.1 Å². The highest BCUT2D eigenvalue weighted by molar-refractivity contribution is 5.97. The fourth-order valence-electron chi connectivity index (χ4n) is 4.71. The van der Waals surface area contributed by atoms with E-state index in [0.29, 0.717) is 65.8 Å². The number of nitrogens with one attached hydrogen (secondary N) is 2. The van der Waals surface area contributed by atoms with Gasteiger partial charge in [0.15, 0.2) is 0 Å². The van der Waals surface area contributed by atoms with Crippen LogP contribution in [0, 0.1) is 11.7 Å². The summed E-state index contributed by atoms with van der Waals surface area (Å²) >= 11 is 0. The van der Waals surface area contributed by atoms with Crippen LogP contribution in [0.4, 0.5) is 15.8 Å². The molecule has 0 atom stereocenters. The molecule has 0 bridgehead atoms. The summed E-state index contributed by atoms with van der Waals surface area (Å²) in [5.41, 5.74) is 7.99. The number of amides is 2. The van der Waals surface area contributed by atoms with E-state index in [-0.39, 0.29) is 22.9 Å². The number of rotatable bonds is 5. The molecule has 1 aliphatic heterocycles. The minimum absolute atomic E-state index is 0.0220. The first-order valence-corrected chi connectivity index (χ1v) is 12.1. The molecular weight excluding hydrogens is 473 g/mol. The number of anilines is 2. The SMILES string of the molecule is Nc1ccccc1NC(=O)C1CCN(C(=O)c2cc(Cc3n[nH]c(=O)c4ccccc34)ccc2F)CC1. The molecule has 5 rings (SSSR count). The Balaban J connectivity index is 1.27. The number of likely N-dealkylation sites (tertiary alicyclic amines) is 1. The minimum Gasteiger partial charge on any atom is -0.397 e. The Morgan fingerprint density at radius 3 is 2.49 bits per heavy atom. The number of fused-ring (bicyclic) bond motifs is 1. The van der Waals surface area contributed by atoms with Gasteiger partial charge in [-0.2, -0.15) is 5.10 Å². The second-order valence-electron chi connectivity index (χ2n) is 9.18. The highest BCUT2D eigenvalue weighted by Crippen LogP contribution is 2.25. The predicted molar refractivity (Wildman–Crippen MR) is 140 cm³/mol. The molecule has 8 nitrogen and oxygen atoms in total. The first-order chi connectivity index (χ1) is 17.9. The summed E-state index contributed by atoms with van der Waals surface area (Å²) in [7, 11) is 0. The van der Waals surface area contributed by atoms with Crippen molar-refractivity contribution in [1.82, 2.24) is 15.1 Å². The van der Waals surface area contributed by atoms with E-state index in [4.69, 9.17) is 5.73 Å². The lowest BCUT2D eigenvalue weighted by molar-refractivity contribution is -0.121. The number of nitrogens with two attached hydrogens (primary N) is 1. The molecule has 1 aromatic heterocycles. The Bertz CT molecular complexity index is 1540. The van der Waals surface area contributed by atoms with Gasteiger partial charge < -0.3 is 16.0 Å². The first-order valence-electron chi connectivity index (χ1n) is 12.1. The van der Waals surface area contributed by atoms with Crippen LogP contribution < -0.4 is 16.6 Å². The third kappa shape index (κ3) is 5.06. The predicted octanol–water partition coefficient (Wildman–Crippen LogP) is 3.73. The van der Waals surface area contributed by atoms with Crippen LogP contribution in [0.3, 0.4) is 0 Å². The fourth-order valence-corrected chi connectivity index (χ4v) is 4.71. The lowest BCUT2D eigenvalue weighted by atomic mass is 9.95. The molecule has 9 heteroatoms. The van der Waals surface area contributed by atoms with Gasteiger partial charge in [0.05, 0.1) is 28.0 Å². The van der Waals surface area contributed by atoms with Crippen LogP contribution in [0.2, 0.25) is 0 Å². The molecule has 0 unspecified atom stereocenters. The van der Waals surface area contributed by atoms with E-state index in [9.17, 15) is 18.8 Å². The molecule has 1 aliphatic rings. The number of halogens is 1. The van der Waals surface area contributed by atoms with Gasteiger partial charge in [-0.05, 0) is 48.7 Å². The second-order valence-corrected chi connectivity index (χ2v) is 9.18. The Labute approximate surface area is 212 Å². The highest BCUT2D eigenvalue weighted by Gasteiger charge is 2.29. The molecule has 1 saturated heterocycles. The van der Waals surface area contributed by atoms with Crippen LogP contribution in [-0.2, 0) is 11.2 Å². The van der Waals surface area contributed by atoms with Gasteiger partial charge in [-0.15, -0.1) is 0 Å². The Morgan fingerprint density at radius 1 is 1.03 bits per heavy atom. The molecule has 0 spiro atoms. The number of nitrogen functional groups attached to an aromatic ring is 1. The molecule has 4 N–H and O–H groups in total. The van der Waals surface area contributed by atoms with Crippen LogP contribution in [0.5, 0.6) is 0 Å². The minimum atomic E-state index is -0.604. The van der Waals surface area contributed by atoms with E-state index in [0.717, 1.165) is 0 Å². The van der Waals surface area contributed by atoms with E-state index in [2.05, 4.69) is 15.5 Å². The van der Waals surface area contributed by atoms with Crippen molar-refractivity contribution < 1.29 is 14.0 Å². The number of carbonyl (C=O) groups is 2. The van der Waals surface area contributed by atoms with Crippen molar-refractivity contribution in [2.45, 2.75) is 19.3 Å². The number of aromatic amines is 1. The lowest BCUT2D eigenvalue weighted by Gasteiger charge is -2.31. The molecule has 0 radical (unpaired) electrons. The number of para-hydroxylation sites is 2. The zero-order valence-electron chi connectivity index (χ0n) is 20.0. The summed E-state index contributed by atoms with van der Waals surface area (Å²) in [6.07, 6.45) is 1.26. The molecule has 2 amide bonds. The van der Waals surface area contributed by atoms with E-state index in [1.54, 1.807) is 47.4 Å². The molecular formula is C28H26FN5O3. The number of piperidine rings is 1. The maximum Gasteiger partial charge on any atom is 0.272 e. The van der Waals surface area contributed by atoms with Crippen LogP contribution in [0.1, 0.15) is 34.5 Å². The van der Waals surface area contributed by atoms with Crippen LogP contribution in [0.25, 0.3) is 10.8 Å². The largest absolute Gasteiger partial charge is 0.397 e. The topological polar surface area (TPSA) is 121 Å². The van der Waals surface area contributed by atoms with Gasteiger partial charge in [-0.1, -0.05) is 36.4 Å². The summed E-state index contributed by atoms with van der Waals surface area (Å²) in [5, 5.41) is 10.8. The van der Waals surface area contributed by atoms with E-state index < -0.39 is 11.7 Å². The number of benzene rings is 3. The fraction of sp³-hybridized carbons (Fsp3) is 0.214. The average molecular weight is 500 g/mol. The monoisotopic (exact) mass is 499 g/mol. The maximum absolute atomic E-state index is 14.7. The van der Waals surface area contributed by atoms with Gasteiger partial charge in [-0.25, -0.2) is 9.49 Å². The average Bonchev–Trinajstić information content (AvgIpc) is 2.92. The maximum atomic E-state index is 14.7. The lowest BCUT2D eigenvalue weighted by Crippen LogP contribution is -2.41. The first kappa shape index (κ1) is 24.2. The quantitative estimate of drug-likeness (QED) is 0.362. The normalized spacial score (nSPS) is 14.0. The number of hydrogen-bond acceptors (Lipinski definition) is 5. The Morgan fingerprint density at radius 2 is 1.73 bits per heavy atom. The van der Waals surface area contributed by atoms with Gasteiger partial charge in [0.25, 0.3) is 11.5 Å². The molecule has 1 fully saturated rings. The van der Waals surface area contributed by atoms with Gasteiger partial charge in [0, 0.05) is 30.8 Å². The number of carbonyl (C=O) groups excluding carboxylic acids is 2. The molecule has 37 heavy (non-hydrogen) atoms. The van der Waals surface area contributed by atoms with Gasteiger partial charge >= 0.3 is 0 Å². The molecule has 188 valence electrons.